The summed E-state index contributed by atoms with van der Waals surface area (Å²) in [6, 6.07) is 11.4. The molecule has 0 aliphatic rings. The molecule has 0 spiro atoms. The summed E-state index contributed by atoms with van der Waals surface area (Å²) in [7, 11) is 0. The molecule has 1 aromatic carbocycles. The Bertz CT molecular complexity index is 350. The van der Waals surface area contributed by atoms with Gasteiger partial charge in [0.15, 0.2) is 0 Å². The molecule has 0 fully saturated rings. The summed E-state index contributed by atoms with van der Waals surface area (Å²) in [5, 5.41) is 3.71. The van der Waals surface area contributed by atoms with Gasteiger partial charge in [0.1, 0.15) is 0 Å². The number of rotatable bonds is 11. The first-order valence-corrected chi connectivity index (χ1v) is 8.71. The van der Waals surface area contributed by atoms with Crippen LogP contribution in [0.3, 0.4) is 0 Å². The maximum atomic E-state index is 3.71. The summed E-state index contributed by atoms with van der Waals surface area (Å²) in [6.07, 6.45) is 3.65. The highest BCUT2D eigenvalue weighted by atomic mass is 15.1. The van der Waals surface area contributed by atoms with Crippen LogP contribution >= 0.6 is 0 Å². The zero-order chi connectivity index (χ0) is 15.5. The van der Waals surface area contributed by atoms with E-state index in [9.17, 15) is 0 Å². The average Bonchev–Trinajstić information content (AvgIpc) is 2.54. The van der Waals surface area contributed by atoms with E-state index in [1.807, 2.05) is 0 Å². The molecule has 0 aliphatic carbocycles. The van der Waals surface area contributed by atoms with E-state index in [1.165, 1.54) is 37.9 Å². The van der Waals surface area contributed by atoms with Crippen LogP contribution in [0.1, 0.15) is 58.6 Å². The Labute approximate surface area is 131 Å². The molecule has 21 heavy (non-hydrogen) atoms. The van der Waals surface area contributed by atoms with Crippen molar-refractivity contribution in [1.82, 2.24) is 10.2 Å². The van der Waals surface area contributed by atoms with Gasteiger partial charge in [-0.3, -0.25) is 0 Å². The third-order valence-electron chi connectivity index (χ3n) is 4.29. The van der Waals surface area contributed by atoms with Gasteiger partial charge in [0.2, 0.25) is 0 Å². The summed E-state index contributed by atoms with van der Waals surface area (Å²) in [4.78, 5) is 2.59. The zero-order valence-corrected chi connectivity index (χ0v) is 14.4. The van der Waals surface area contributed by atoms with Crippen LogP contribution in [0.25, 0.3) is 0 Å². The predicted octanol–water partition coefficient (Wildman–Crippen LogP) is 4.49. The van der Waals surface area contributed by atoms with E-state index in [1.54, 1.807) is 0 Å². The topological polar surface area (TPSA) is 15.3 Å². The number of nitrogens with zero attached hydrogens (tertiary/aromatic N) is 1. The number of benzene rings is 1. The van der Waals surface area contributed by atoms with E-state index < -0.39 is 0 Å². The number of hydrogen-bond acceptors (Lipinski definition) is 2. The Morgan fingerprint density at radius 3 is 2.38 bits per heavy atom. The molecular formula is C19H34N2. The fourth-order valence-corrected chi connectivity index (χ4v) is 2.65. The van der Waals surface area contributed by atoms with Gasteiger partial charge >= 0.3 is 0 Å². The van der Waals surface area contributed by atoms with Crippen molar-refractivity contribution >= 4 is 0 Å². The maximum absolute atomic E-state index is 3.71. The Hall–Kier alpha value is -0.860. The molecule has 0 bridgehead atoms. The van der Waals surface area contributed by atoms with Crippen LogP contribution in [0.15, 0.2) is 30.3 Å². The minimum atomic E-state index is 0.483. The fourth-order valence-electron chi connectivity index (χ4n) is 2.65. The molecule has 2 unspecified atom stereocenters. The highest BCUT2D eigenvalue weighted by Crippen LogP contribution is 2.17. The Morgan fingerprint density at radius 1 is 1.10 bits per heavy atom. The van der Waals surface area contributed by atoms with E-state index in [0.717, 1.165) is 19.0 Å². The second-order valence-electron chi connectivity index (χ2n) is 6.11. The summed E-state index contributed by atoms with van der Waals surface area (Å²) < 4.78 is 0. The van der Waals surface area contributed by atoms with Crippen LogP contribution in [0, 0.1) is 5.92 Å². The monoisotopic (exact) mass is 290 g/mol. The quantitative estimate of drug-likeness (QED) is 0.646. The van der Waals surface area contributed by atoms with Crippen molar-refractivity contribution in [3.63, 3.8) is 0 Å². The summed E-state index contributed by atoms with van der Waals surface area (Å²) >= 11 is 0. The van der Waals surface area contributed by atoms with Gasteiger partial charge in [0, 0.05) is 12.6 Å². The predicted molar refractivity (Wildman–Crippen MR) is 93.7 cm³/mol. The molecule has 0 aliphatic heterocycles. The largest absolute Gasteiger partial charge is 0.310 e. The van der Waals surface area contributed by atoms with Crippen molar-refractivity contribution in [2.45, 2.75) is 53.0 Å². The molecular weight excluding hydrogens is 256 g/mol. The lowest BCUT2D eigenvalue weighted by Crippen LogP contribution is -2.32. The second-order valence-corrected chi connectivity index (χ2v) is 6.11. The molecule has 2 heteroatoms. The molecule has 0 radical (unpaired) electrons. The number of nitrogens with one attached hydrogen (secondary N) is 1. The third kappa shape index (κ3) is 7.10. The van der Waals surface area contributed by atoms with Gasteiger partial charge in [-0.2, -0.15) is 0 Å². The zero-order valence-electron chi connectivity index (χ0n) is 14.4. The van der Waals surface area contributed by atoms with E-state index in [2.05, 4.69) is 68.2 Å². The van der Waals surface area contributed by atoms with Crippen LogP contribution in [0.2, 0.25) is 0 Å². The van der Waals surface area contributed by atoms with E-state index >= 15 is 0 Å². The number of hydrogen-bond donors (Lipinski definition) is 1. The van der Waals surface area contributed by atoms with Crippen LogP contribution in [0.4, 0.5) is 0 Å². The van der Waals surface area contributed by atoms with E-state index in [-0.39, 0.29) is 0 Å². The molecule has 0 heterocycles. The van der Waals surface area contributed by atoms with Gasteiger partial charge in [-0.25, -0.2) is 0 Å². The Morgan fingerprint density at radius 2 is 1.81 bits per heavy atom. The Kier molecular flexibility index (Phi) is 9.36. The first-order chi connectivity index (χ1) is 10.2. The summed E-state index contributed by atoms with van der Waals surface area (Å²) in [5.74, 6) is 0.795. The first-order valence-electron chi connectivity index (χ1n) is 8.71. The lowest BCUT2D eigenvalue weighted by atomic mass is 10.0. The van der Waals surface area contributed by atoms with Gasteiger partial charge < -0.3 is 10.2 Å². The standard InChI is InChI=1S/C19H34N2/c1-5-14-20-19(18-11-9-8-10-12-18)13-15-21(7-3)16-17(4)6-2/h8-12,17,19-20H,5-7,13-16H2,1-4H3. The van der Waals surface area contributed by atoms with Gasteiger partial charge in [-0.1, -0.05) is 64.4 Å². The van der Waals surface area contributed by atoms with Gasteiger partial charge in [-0.15, -0.1) is 0 Å². The van der Waals surface area contributed by atoms with Crippen LogP contribution in [0.5, 0.6) is 0 Å². The van der Waals surface area contributed by atoms with Crippen molar-refractivity contribution in [3.05, 3.63) is 35.9 Å². The molecule has 120 valence electrons. The highest BCUT2D eigenvalue weighted by Gasteiger charge is 2.13. The van der Waals surface area contributed by atoms with Crippen LogP contribution in [-0.4, -0.2) is 31.1 Å². The molecule has 2 atom stereocenters. The van der Waals surface area contributed by atoms with Crippen molar-refractivity contribution < 1.29 is 0 Å². The maximum Gasteiger partial charge on any atom is 0.0332 e. The molecule has 1 rings (SSSR count). The molecule has 0 saturated heterocycles. The molecule has 0 aromatic heterocycles. The van der Waals surface area contributed by atoms with Crippen LogP contribution in [-0.2, 0) is 0 Å². The summed E-state index contributed by atoms with van der Waals surface area (Å²) in [6.45, 7) is 13.8. The van der Waals surface area contributed by atoms with Gasteiger partial charge in [0.25, 0.3) is 0 Å². The molecule has 1 N–H and O–H groups in total. The minimum absolute atomic E-state index is 0.483. The SMILES string of the molecule is CCCNC(CCN(CC)CC(C)CC)c1ccccc1. The molecule has 2 nitrogen and oxygen atoms in total. The third-order valence-corrected chi connectivity index (χ3v) is 4.29. The van der Waals surface area contributed by atoms with Crippen molar-refractivity contribution in [2.24, 2.45) is 5.92 Å². The normalized spacial score (nSPS) is 14.3. The first kappa shape index (κ1) is 18.2. The molecule has 0 saturated carbocycles. The van der Waals surface area contributed by atoms with Gasteiger partial charge in [-0.05, 0) is 44.0 Å². The van der Waals surface area contributed by atoms with Crippen LogP contribution < -0.4 is 5.32 Å². The lowest BCUT2D eigenvalue weighted by Gasteiger charge is -2.27. The van der Waals surface area contributed by atoms with Gasteiger partial charge in [0.05, 0.1) is 0 Å². The lowest BCUT2D eigenvalue weighted by molar-refractivity contribution is 0.232. The van der Waals surface area contributed by atoms with Crippen molar-refractivity contribution in [2.75, 3.05) is 26.2 Å². The molecule has 0 amide bonds. The van der Waals surface area contributed by atoms with E-state index in [4.69, 9.17) is 0 Å². The minimum Gasteiger partial charge on any atom is -0.310 e. The average molecular weight is 290 g/mol. The smallest absolute Gasteiger partial charge is 0.0332 e. The second kappa shape index (κ2) is 10.8. The van der Waals surface area contributed by atoms with Crippen molar-refractivity contribution in [3.8, 4) is 0 Å². The molecule has 1 aromatic rings. The highest BCUT2D eigenvalue weighted by molar-refractivity contribution is 5.18. The fraction of sp³-hybridized carbons (Fsp3) is 0.684. The van der Waals surface area contributed by atoms with Crippen molar-refractivity contribution in [1.29, 1.82) is 0 Å². The van der Waals surface area contributed by atoms with E-state index in [0.29, 0.717) is 6.04 Å². The Balaban J connectivity index is 2.55. The summed E-state index contributed by atoms with van der Waals surface area (Å²) in [5.41, 5.74) is 1.42.